The first-order chi connectivity index (χ1) is 7.97. The zero-order valence-corrected chi connectivity index (χ0v) is 9.06. The number of hydrogen-bond acceptors (Lipinski definition) is 4. The van der Waals surface area contributed by atoms with E-state index < -0.39 is 12.4 Å². The summed E-state index contributed by atoms with van der Waals surface area (Å²) in [4.78, 5) is 9.22. The Hall–Kier alpha value is -1.31. The van der Waals surface area contributed by atoms with Crippen molar-refractivity contribution in [3.05, 3.63) is 12.4 Å². The van der Waals surface area contributed by atoms with Gasteiger partial charge in [0.05, 0.1) is 6.10 Å². The van der Waals surface area contributed by atoms with Crippen molar-refractivity contribution in [1.82, 2.24) is 9.97 Å². The van der Waals surface area contributed by atoms with Crippen molar-refractivity contribution in [3.8, 4) is 0 Å². The Balaban J connectivity index is 2.08. The summed E-state index contributed by atoms with van der Waals surface area (Å²) in [6, 6.07) is 0. The van der Waals surface area contributed by atoms with Gasteiger partial charge < -0.3 is 23.0 Å². The minimum atomic E-state index is -5.03. The molecule has 0 spiro atoms. The number of aromatic nitrogens is 2. The molecule has 1 aliphatic heterocycles. The average Bonchev–Trinajstić information content (AvgIpc) is 2.29. The molecule has 2 heterocycles. The Labute approximate surface area is 96.5 Å². The summed E-state index contributed by atoms with van der Waals surface area (Å²) in [6.07, 6.45) is 2.48. The Bertz CT molecular complexity index is 376. The highest BCUT2D eigenvalue weighted by Crippen LogP contribution is 2.15. The average molecular weight is 246 g/mol. The molecule has 0 bridgehead atoms. The number of nitrogens with zero attached hydrogens (tertiary/aromatic N) is 3. The summed E-state index contributed by atoms with van der Waals surface area (Å²) >= 11 is 0. The van der Waals surface area contributed by atoms with E-state index in [9.17, 15) is 18.1 Å². The van der Waals surface area contributed by atoms with Crippen molar-refractivity contribution in [2.45, 2.75) is 18.9 Å². The van der Waals surface area contributed by atoms with E-state index >= 15 is 0 Å². The van der Waals surface area contributed by atoms with Crippen LogP contribution >= 0.6 is 0 Å². The first-order valence-electron chi connectivity index (χ1n) is 5.42. The third-order valence-electron chi connectivity index (χ3n) is 2.78. The number of aliphatic hydroxyl groups excluding tert-OH is 1. The van der Waals surface area contributed by atoms with Crippen LogP contribution in [-0.4, -0.2) is 41.2 Å². The SMILES string of the molecule is OC1CCN(c2ncc([B-](F)(F)F)cn2)CC1. The lowest BCUT2D eigenvalue weighted by molar-refractivity contribution is 0.145. The minimum Gasteiger partial charge on any atom is -0.445 e. The zero-order valence-electron chi connectivity index (χ0n) is 9.06. The molecule has 94 valence electrons. The molecule has 2 rings (SSSR count). The predicted molar refractivity (Wildman–Crippen MR) is 58.2 cm³/mol. The normalized spacial score (nSPS) is 18.5. The van der Waals surface area contributed by atoms with Crippen molar-refractivity contribution in [2.75, 3.05) is 18.0 Å². The van der Waals surface area contributed by atoms with E-state index in [1.807, 2.05) is 0 Å². The standard InChI is InChI=1S/C9H12BF3N3O/c11-10(12,13)7-5-14-9(15-6-7)16-3-1-8(17)2-4-16/h5-6,8,17H,1-4H2/q-1. The molecule has 0 unspecified atom stereocenters. The Morgan fingerprint density at radius 1 is 1.18 bits per heavy atom. The fourth-order valence-electron chi connectivity index (χ4n) is 1.73. The van der Waals surface area contributed by atoms with E-state index in [-0.39, 0.29) is 6.10 Å². The molecule has 0 radical (unpaired) electrons. The monoisotopic (exact) mass is 246 g/mol. The lowest BCUT2D eigenvalue weighted by Crippen LogP contribution is -2.39. The summed E-state index contributed by atoms with van der Waals surface area (Å²) in [7, 11) is 0. The van der Waals surface area contributed by atoms with Crippen molar-refractivity contribution < 1.29 is 18.1 Å². The van der Waals surface area contributed by atoms with Gasteiger partial charge in [-0.05, 0) is 12.8 Å². The molecule has 0 amide bonds. The quantitative estimate of drug-likeness (QED) is 0.771. The molecule has 0 aliphatic carbocycles. The van der Waals surface area contributed by atoms with Gasteiger partial charge in [-0.15, -0.1) is 0 Å². The lowest BCUT2D eigenvalue weighted by Gasteiger charge is -2.29. The Morgan fingerprint density at radius 3 is 2.18 bits per heavy atom. The molecule has 0 aromatic carbocycles. The number of aliphatic hydroxyl groups is 1. The molecule has 4 nitrogen and oxygen atoms in total. The van der Waals surface area contributed by atoms with Crippen LogP contribution in [0.25, 0.3) is 0 Å². The maximum atomic E-state index is 12.3. The van der Waals surface area contributed by atoms with Crippen molar-refractivity contribution >= 4 is 18.4 Å². The lowest BCUT2D eigenvalue weighted by atomic mass is 9.83. The molecule has 17 heavy (non-hydrogen) atoms. The zero-order chi connectivity index (χ0) is 12.5. The molecule has 1 aliphatic rings. The van der Waals surface area contributed by atoms with E-state index in [0.717, 1.165) is 12.4 Å². The van der Waals surface area contributed by atoms with Crippen LogP contribution in [0.1, 0.15) is 12.8 Å². The third kappa shape index (κ3) is 2.88. The van der Waals surface area contributed by atoms with Gasteiger partial charge in [0.1, 0.15) is 0 Å². The van der Waals surface area contributed by atoms with Gasteiger partial charge in [-0.3, -0.25) is 0 Å². The Morgan fingerprint density at radius 2 is 1.71 bits per heavy atom. The maximum Gasteiger partial charge on any atom is 0.512 e. The second kappa shape index (κ2) is 4.52. The van der Waals surface area contributed by atoms with Crippen LogP contribution < -0.4 is 10.4 Å². The number of piperidine rings is 1. The fraction of sp³-hybridized carbons (Fsp3) is 0.556. The van der Waals surface area contributed by atoms with Crippen LogP contribution in [0.2, 0.25) is 0 Å². The molecule has 1 fully saturated rings. The topological polar surface area (TPSA) is 49.2 Å². The number of halogens is 3. The second-order valence-corrected chi connectivity index (χ2v) is 4.11. The largest absolute Gasteiger partial charge is 0.512 e. The van der Waals surface area contributed by atoms with Crippen molar-refractivity contribution in [1.29, 1.82) is 0 Å². The van der Waals surface area contributed by atoms with Gasteiger partial charge >= 0.3 is 6.98 Å². The number of anilines is 1. The third-order valence-corrected chi connectivity index (χ3v) is 2.78. The van der Waals surface area contributed by atoms with Crippen LogP contribution in [0.3, 0.4) is 0 Å². The molecular weight excluding hydrogens is 234 g/mol. The number of rotatable bonds is 2. The van der Waals surface area contributed by atoms with E-state index in [4.69, 9.17) is 0 Å². The molecule has 0 atom stereocenters. The van der Waals surface area contributed by atoms with Gasteiger partial charge in [0, 0.05) is 25.5 Å². The van der Waals surface area contributed by atoms with Gasteiger partial charge in [-0.2, -0.15) is 0 Å². The first kappa shape index (κ1) is 12.2. The van der Waals surface area contributed by atoms with E-state index in [2.05, 4.69) is 9.97 Å². The molecule has 0 saturated carbocycles. The highest BCUT2D eigenvalue weighted by molar-refractivity contribution is 6.73. The van der Waals surface area contributed by atoms with Crippen molar-refractivity contribution in [3.63, 3.8) is 0 Å². The summed E-state index contributed by atoms with van der Waals surface area (Å²) < 4.78 is 37.0. The summed E-state index contributed by atoms with van der Waals surface area (Å²) in [5.74, 6) is 0.292. The fourth-order valence-corrected chi connectivity index (χ4v) is 1.73. The van der Waals surface area contributed by atoms with Crippen LogP contribution in [0.5, 0.6) is 0 Å². The maximum absolute atomic E-state index is 12.3. The van der Waals surface area contributed by atoms with Crippen LogP contribution in [0, 0.1) is 0 Å². The highest BCUT2D eigenvalue weighted by atomic mass is 19.4. The molecular formula is C9H12BF3N3O-. The highest BCUT2D eigenvalue weighted by Gasteiger charge is 2.27. The Kier molecular flexibility index (Phi) is 3.23. The molecule has 1 saturated heterocycles. The van der Waals surface area contributed by atoms with Gasteiger partial charge in [0.15, 0.2) is 0 Å². The van der Waals surface area contributed by atoms with E-state index in [1.54, 1.807) is 4.90 Å². The summed E-state index contributed by atoms with van der Waals surface area (Å²) in [5, 5.41) is 9.31. The predicted octanol–water partition coefficient (Wildman–Crippen LogP) is 0.492. The van der Waals surface area contributed by atoms with Gasteiger partial charge in [0.2, 0.25) is 5.95 Å². The molecule has 1 aromatic heterocycles. The summed E-state index contributed by atoms with van der Waals surface area (Å²) in [5.41, 5.74) is -0.786. The van der Waals surface area contributed by atoms with Crippen LogP contribution in [0.15, 0.2) is 12.4 Å². The van der Waals surface area contributed by atoms with E-state index in [1.165, 1.54) is 0 Å². The molecule has 8 heteroatoms. The minimum absolute atomic E-state index is 0.292. The molecule has 1 N–H and O–H groups in total. The summed E-state index contributed by atoms with van der Waals surface area (Å²) in [6.45, 7) is -3.90. The number of hydrogen-bond donors (Lipinski definition) is 1. The van der Waals surface area contributed by atoms with E-state index in [0.29, 0.717) is 31.9 Å². The van der Waals surface area contributed by atoms with Gasteiger partial charge in [-0.25, -0.2) is 9.97 Å². The second-order valence-electron chi connectivity index (χ2n) is 4.11. The van der Waals surface area contributed by atoms with Crippen molar-refractivity contribution in [2.24, 2.45) is 0 Å². The molecule has 1 aromatic rings. The van der Waals surface area contributed by atoms with Crippen LogP contribution in [0.4, 0.5) is 18.9 Å². The first-order valence-corrected chi connectivity index (χ1v) is 5.42. The van der Waals surface area contributed by atoms with Gasteiger partial charge in [-0.1, -0.05) is 5.46 Å². The smallest absolute Gasteiger partial charge is 0.445 e. The van der Waals surface area contributed by atoms with Crippen LogP contribution in [-0.2, 0) is 0 Å². The van der Waals surface area contributed by atoms with Gasteiger partial charge in [0.25, 0.3) is 0 Å².